The monoisotopic (exact) mass is 447 g/mol. The van der Waals surface area contributed by atoms with Crippen LogP contribution in [0.15, 0.2) is 33.7 Å². The first-order valence-electron chi connectivity index (χ1n) is 11.0. The van der Waals surface area contributed by atoms with Crippen molar-refractivity contribution in [3.8, 4) is 11.4 Å². The molecule has 31 heavy (non-hydrogen) atoms. The molecule has 9 nitrogen and oxygen atoms in total. The number of hydrogen-bond acceptors (Lipinski definition) is 7. The summed E-state index contributed by atoms with van der Waals surface area (Å²) in [7, 11) is -3.49. The van der Waals surface area contributed by atoms with E-state index >= 15 is 0 Å². The lowest BCUT2D eigenvalue weighted by atomic mass is 10.2. The molecule has 0 radical (unpaired) electrons. The number of hydrogen-bond donors (Lipinski definition) is 1. The average molecular weight is 448 g/mol. The Hall–Kier alpha value is -2.30. The highest BCUT2D eigenvalue weighted by atomic mass is 32.2. The fourth-order valence-electron chi connectivity index (χ4n) is 4.29. The second-order valence-electron chi connectivity index (χ2n) is 8.05. The Bertz CT molecular complexity index is 999. The molecule has 2 aliphatic rings. The molecule has 2 fully saturated rings. The van der Waals surface area contributed by atoms with Gasteiger partial charge in [-0.15, -0.1) is 0 Å². The maximum Gasteiger partial charge on any atom is 0.316 e. The van der Waals surface area contributed by atoms with Crippen molar-refractivity contribution in [1.29, 1.82) is 0 Å². The molecule has 1 amide bonds. The summed E-state index contributed by atoms with van der Waals surface area (Å²) in [6, 6.07) is 6.72. The third kappa shape index (κ3) is 4.81. The molecule has 1 aromatic heterocycles. The highest BCUT2D eigenvalue weighted by molar-refractivity contribution is 7.89. The third-order valence-electron chi connectivity index (χ3n) is 6.09. The number of carbonyl (C=O) groups excluding carboxylic acids is 1. The van der Waals surface area contributed by atoms with Crippen molar-refractivity contribution >= 4 is 15.9 Å². The van der Waals surface area contributed by atoms with E-state index in [0.29, 0.717) is 31.2 Å². The molecular weight excluding hydrogens is 418 g/mol. The molecule has 0 spiro atoms. The number of aromatic nitrogens is 2. The highest BCUT2D eigenvalue weighted by Crippen LogP contribution is 2.23. The zero-order valence-corrected chi connectivity index (χ0v) is 18.6. The number of rotatable bonds is 7. The summed E-state index contributed by atoms with van der Waals surface area (Å²) in [6.07, 6.45) is 5.05. The summed E-state index contributed by atoms with van der Waals surface area (Å²) in [5, 5.41) is 6.76. The van der Waals surface area contributed by atoms with Gasteiger partial charge in [-0.25, -0.2) is 8.42 Å². The van der Waals surface area contributed by atoms with Crippen LogP contribution in [0, 0.1) is 0 Å². The molecule has 0 bridgehead atoms. The van der Waals surface area contributed by atoms with Gasteiger partial charge in [-0.05, 0) is 63.0 Å². The van der Waals surface area contributed by atoms with Crippen molar-refractivity contribution in [3.63, 3.8) is 0 Å². The summed E-state index contributed by atoms with van der Waals surface area (Å²) in [4.78, 5) is 19.2. The minimum atomic E-state index is -3.49. The van der Waals surface area contributed by atoms with Crippen LogP contribution in [0.5, 0.6) is 0 Å². The van der Waals surface area contributed by atoms with Gasteiger partial charge in [0, 0.05) is 31.2 Å². The van der Waals surface area contributed by atoms with E-state index in [-0.39, 0.29) is 16.6 Å². The van der Waals surface area contributed by atoms with Gasteiger partial charge in [0.15, 0.2) is 0 Å². The average Bonchev–Trinajstić information content (AvgIpc) is 3.48. The topological polar surface area (TPSA) is 109 Å². The van der Waals surface area contributed by atoms with Crippen LogP contribution in [-0.4, -0.2) is 72.4 Å². The number of carbonyl (C=O) groups is 1. The maximum atomic E-state index is 12.8. The standard InChI is InChI=1S/C21H29N5O4S/c1-2-25-12-6-7-17(25)15-22-20(27)21-23-19(24-30-21)16-8-10-18(11-9-16)31(28,29)26-13-4-3-5-14-26/h8-11,17H,2-7,12-15H2,1H3,(H,22,27)/t17-/m0/s1. The summed E-state index contributed by atoms with van der Waals surface area (Å²) in [5.74, 6) is -0.241. The van der Waals surface area contributed by atoms with Crippen molar-refractivity contribution in [2.45, 2.75) is 50.0 Å². The van der Waals surface area contributed by atoms with E-state index in [2.05, 4.69) is 27.3 Å². The highest BCUT2D eigenvalue weighted by Gasteiger charge is 2.27. The maximum absolute atomic E-state index is 12.8. The lowest BCUT2D eigenvalue weighted by molar-refractivity contribution is 0.0897. The van der Waals surface area contributed by atoms with E-state index in [1.807, 2.05) is 0 Å². The Balaban J connectivity index is 1.40. The van der Waals surface area contributed by atoms with Gasteiger partial charge in [0.25, 0.3) is 0 Å². The lowest BCUT2D eigenvalue weighted by Gasteiger charge is -2.25. The fourth-order valence-corrected chi connectivity index (χ4v) is 5.81. The van der Waals surface area contributed by atoms with Gasteiger partial charge in [0.05, 0.1) is 4.90 Å². The van der Waals surface area contributed by atoms with Gasteiger partial charge in [-0.3, -0.25) is 9.69 Å². The van der Waals surface area contributed by atoms with Gasteiger partial charge in [0.1, 0.15) is 0 Å². The molecule has 1 N–H and O–H groups in total. The zero-order valence-electron chi connectivity index (χ0n) is 17.8. The summed E-state index contributed by atoms with van der Waals surface area (Å²) < 4.78 is 32.2. The Labute approximate surface area is 182 Å². The second kappa shape index (κ2) is 9.46. The largest absolute Gasteiger partial charge is 0.346 e. The third-order valence-corrected chi connectivity index (χ3v) is 8.00. The zero-order chi connectivity index (χ0) is 21.8. The number of benzene rings is 1. The number of likely N-dealkylation sites (tertiary alicyclic amines) is 1. The van der Waals surface area contributed by atoms with E-state index in [4.69, 9.17) is 4.52 Å². The van der Waals surface area contributed by atoms with Crippen LogP contribution in [0.1, 0.15) is 49.7 Å². The summed E-state index contributed by atoms with van der Waals surface area (Å²) in [6.45, 7) is 5.81. The Kier molecular flexibility index (Phi) is 6.68. The molecule has 2 aliphatic heterocycles. The molecule has 10 heteroatoms. The number of likely N-dealkylation sites (N-methyl/N-ethyl adjacent to an activating group) is 1. The van der Waals surface area contributed by atoms with E-state index in [0.717, 1.165) is 45.2 Å². The fraction of sp³-hybridized carbons (Fsp3) is 0.571. The first kappa shape index (κ1) is 21.9. The number of piperidine rings is 1. The summed E-state index contributed by atoms with van der Waals surface area (Å²) in [5.41, 5.74) is 0.591. The Morgan fingerprint density at radius 3 is 2.58 bits per heavy atom. The molecule has 0 aliphatic carbocycles. The van der Waals surface area contributed by atoms with Crippen LogP contribution in [-0.2, 0) is 10.0 Å². The van der Waals surface area contributed by atoms with Gasteiger partial charge in [-0.2, -0.15) is 9.29 Å². The van der Waals surface area contributed by atoms with Crippen LogP contribution in [0.4, 0.5) is 0 Å². The number of amides is 1. The van der Waals surface area contributed by atoms with Gasteiger partial charge >= 0.3 is 11.8 Å². The molecule has 2 aromatic rings. The molecule has 3 heterocycles. The van der Waals surface area contributed by atoms with Crippen molar-refractivity contribution in [2.24, 2.45) is 0 Å². The smallest absolute Gasteiger partial charge is 0.316 e. The van der Waals surface area contributed by atoms with Crippen molar-refractivity contribution < 1.29 is 17.7 Å². The van der Waals surface area contributed by atoms with Crippen LogP contribution >= 0.6 is 0 Å². The SMILES string of the molecule is CCN1CCC[C@H]1CNC(=O)c1nc(-c2ccc(S(=O)(=O)N3CCCCC3)cc2)no1. The molecule has 4 rings (SSSR count). The molecule has 0 unspecified atom stereocenters. The van der Waals surface area contributed by atoms with Crippen LogP contribution in [0.2, 0.25) is 0 Å². The minimum absolute atomic E-state index is 0.0962. The predicted molar refractivity (Wildman–Crippen MR) is 115 cm³/mol. The van der Waals surface area contributed by atoms with Crippen LogP contribution in [0.25, 0.3) is 11.4 Å². The molecular formula is C21H29N5O4S. The molecule has 1 atom stereocenters. The van der Waals surface area contributed by atoms with Crippen LogP contribution < -0.4 is 5.32 Å². The van der Waals surface area contributed by atoms with Gasteiger partial charge < -0.3 is 9.84 Å². The normalized spacial score (nSPS) is 20.7. The molecule has 168 valence electrons. The molecule has 2 saturated heterocycles. The first-order chi connectivity index (χ1) is 15.0. The second-order valence-corrected chi connectivity index (χ2v) is 9.98. The lowest BCUT2D eigenvalue weighted by Crippen LogP contribution is -2.40. The van der Waals surface area contributed by atoms with E-state index in [1.54, 1.807) is 24.3 Å². The first-order valence-corrected chi connectivity index (χ1v) is 12.4. The van der Waals surface area contributed by atoms with Gasteiger partial charge in [-0.1, -0.05) is 18.5 Å². The Morgan fingerprint density at radius 1 is 1.13 bits per heavy atom. The van der Waals surface area contributed by atoms with E-state index in [1.165, 1.54) is 4.31 Å². The van der Waals surface area contributed by atoms with Crippen molar-refractivity contribution in [2.75, 3.05) is 32.7 Å². The Morgan fingerprint density at radius 2 is 1.87 bits per heavy atom. The summed E-state index contributed by atoms with van der Waals surface area (Å²) >= 11 is 0. The van der Waals surface area contributed by atoms with Crippen molar-refractivity contribution in [1.82, 2.24) is 24.7 Å². The number of nitrogens with zero attached hydrogens (tertiary/aromatic N) is 4. The van der Waals surface area contributed by atoms with E-state index in [9.17, 15) is 13.2 Å². The van der Waals surface area contributed by atoms with E-state index < -0.39 is 15.9 Å². The van der Waals surface area contributed by atoms with Crippen molar-refractivity contribution in [3.05, 3.63) is 30.2 Å². The quantitative estimate of drug-likeness (QED) is 0.692. The number of nitrogens with one attached hydrogen (secondary N) is 1. The minimum Gasteiger partial charge on any atom is -0.346 e. The number of sulfonamides is 1. The predicted octanol–water partition coefficient (Wildman–Crippen LogP) is 2.13. The molecule has 0 saturated carbocycles. The van der Waals surface area contributed by atoms with Crippen LogP contribution in [0.3, 0.4) is 0 Å². The molecule has 1 aromatic carbocycles. The van der Waals surface area contributed by atoms with Gasteiger partial charge in [0.2, 0.25) is 15.8 Å².